The molecule has 3 rings (SSSR count). The van der Waals surface area contributed by atoms with Crippen LogP contribution in [-0.2, 0) is 11.3 Å². The van der Waals surface area contributed by atoms with Crippen molar-refractivity contribution in [2.24, 2.45) is 0 Å². The highest BCUT2D eigenvalue weighted by molar-refractivity contribution is 5.53. The monoisotopic (exact) mass is 272 g/mol. The molecule has 4 heteroatoms. The van der Waals surface area contributed by atoms with Crippen molar-refractivity contribution in [3.63, 3.8) is 0 Å². The van der Waals surface area contributed by atoms with Crippen molar-refractivity contribution in [3.05, 3.63) is 41.8 Å². The van der Waals surface area contributed by atoms with Gasteiger partial charge in [0.15, 0.2) is 0 Å². The molecular weight excluding hydrogens is 252 g/mol. The van der Waals surface area contributed by atoms with Gasteiger partial charge in [0.05, 0.1) is 11.8 Å². The number of rotatable bonds is 5. The second-order valence-corrected chi connectivity index (χ2v) is 5.28. The van der Waals surface area contributed by atoms with Crippen LogP contribution in [0.1, 0.15) is 24.1 Å². The van der Waals surface area contributed by atoms with Gasteiger partial charge in [0.2, 0.25) is 5.89 Å². The number of aromatic nitrogens is 1. The van der Waals surface area contributed by atoms with Crippen molar-refractivity contribution in [3.8, 4) is 11.5 Å². The third-order valence-electron chi connectivity index (χ3n) is 3.55. The molecule has 4 nitrogen and oxygen atoms in total. The minimum Gasteiger partial charge on any atom is -0.444 e. The second kappa shape index (κ2) is 6.20. The average molecular weight is 272 g/mol. The number of nitrogens with zero attached hydrogens (tertiary/aromatic N) is 1. The number of ether oxygens (including phenoxy) is 1. The zero-order chi connectivity index (χ0) is 13.8. The Morgan fingerprint density at radius 1 is 1.30 bits per heavy atom. The molecule has 2 heterocycles. The lowest BCUT2D eigenvalue weighted by molar-refractivity contribution is 0.110. The van der Waals surface area contributed by atoms with Gasteiger partial charge in [-0.1, -0.05) is 17.7 Å². The average Bonchev–Trinajstić information content (AvgIpc) is 3.11. The Hall–Kier alpha value is -1.65. The van der Waals surface area contributed by atoms with E-state index in [0.29, 0.717) is 12.0 Å². The molecule has 0 aliphatic carbocycles. The maximum absolute atomic E-state index is 5.57. The third kappa shape index (κ3) is 3.26. The molecule has 2 aromatic rings. The Morgan fingerprint density at radius 3 is 2.90 bits per heavy atom. The van der Waals surface area contributed by atoms with Crippen molar-refractivity contribution in [1.82, 2.24) is 10.3 Å². The summed E-state index contributed by atoms with van der Waals surface area (Å²) in [6, 6.07) is 8.19. The van der Waals surface area contributed by atoms with Crippen LogP contribution in [0.25, 0.3) is 11.5 Å². The van der Waals surface area contributed by atoms with E-state index < -0.39 is 0 Å². The van der Waals surface area contributed by atoms with Crippen LogP contribution in [0.4, 0.5) is 0 Å². The van der Waals surface area contributed by atoms with Gasteiger partial charge < -0.3 is 14.5 Å². The highest BCUT2D eigenvalue weighted by Crippen LogP contribution is 2.19. The molecule has 0 saturated carbocycles. The minimum absolute atomic E-state index is 0.360. The van der Waals surface area contributed by atoms with Crippen LogP contribution in [0.2, 0.25) is 0 Å². The standard InChI is InChI=1S/C16H20N2O2/c1-12-4-6-13(7-5-12)16-18-14(11-20-16)9-17-10-15-3-2-8-19-15/h4-7,11,15,17H,2-3,8-10H2,1H3/t15-/m0/s1. The molecule has 1 aromatic heterocycles. The van der Waals surface area contributed by atoms with Gasteiger partial charge in [-0.15, -0.1) is 0 Å². The molecule has 20 heavy (non-hydrogen) atoms. The molecule has 1 atom stereocenters. The fourth-order valence-corrected chi connectivity index (χ4v) is 2.38. The summed E-state index contributed by atoms with van der Waals surface area (Å²) < 4.78 is 11.1. The highest BCUT2D eigenvalue weighted by atomic mass is 16.5. The van der Waals surface area contributed by atoms with Crippen LogP contribution >= 0.6 is 0 Å². The van der Waals surface area contributed by atoms with E-state index in [2.05, 4.69) is 29.4 Å². The van der Waals surface area contributed by atoms with Crippen LogP contribution in [0.5, 0.6) is 0 Å². The first-order chi connectivity index (χ1) is 9.81. The molecule has 1 aliphatic rings. The molecule has 1 aromatic carbocycles. The lowest BCUT2D eigenvalue weighted by Crippen LogP contribution is -2.25. The number of aryl methyl sites for hydroxylation is 1. The van der Waals surface area contributed by atoms with E-state index in [4.69, 9.17) is 9.15 Å². The lowest BCUT2D eigenvalue weighted by atomic mass is 10.1. The van der Waals surface area contributed by atoms with E-state index >= 15 is 0 Å². The van der Waals surface area contributed by atoms with Crippen LogP contribution in [-0.4, -0.2) is 24.2 Å². The smallest absolute Gasteiger partial charge is 0.226 e. The Labute approximate surface area is 119 Å². The topological polar surface area (TPSA) is 47.3 Å². The maximum atomic E-state index is 5.57. The predicted octanol–water partition coefficient (Wildman–Crippen LogP) is 2.92. The lowest BCUT2D eigenvalue weighted by Gasteiger charge is -2.08. The summed E-state index contributed by atoms with van der Waals surface area (Å²) in [5.74, 6) is 0.680. The van der Waals surface area contributed by atoms with Crippen LogP contribution in [0, 0.1) is 6.92 Å². The molecule has 0 spiro atoms. The summed E-state index contributed by atoms with van der Waals surface area (Å²) in [6.45, 7) is 4.57. The van der Waals surface area contributed by atoms with Crippen molar-refractivity contribution in [2.45, 2.75) is 32.4 Å². The van der Waals surface area contributed by atoms with Crippen molar-refractivity contribution >= 4 is 0 Å². The number of hydrogen-bond donors (Lipinski definition) is 1. The van der Waals surface area contributed by atoms with E-state index in [-0.39, 0.29) is 0 Å². The molecule has 0 unspecified atom stereocenters. The van der Waals surface area contributed by atoms with Gasteiger partial charge in [-0.3, -0.25) is 0 Å². The Kier molecular flexibility index (Phi) is 4.14. The van der Waals surface area contributed by atoms with E-state index in [1.54, 1.807) is 6.26 Å². The van der Waals surface area contributed by atoms with Crippen molar-refractivity contribution in [1.29, 1.82) is 0 Å². The maximum Gasteiger partial charge on any atom is 0.226 e. The first-order valence-corrected chi connectivity index (χ1v) is 7.15. The predicted molar refractivity (Wildman–Crippen MR) is 77.4 cm³/mol. The summed E-state index contributed by atoms with van der Waals surface area (Å²) in [7, 11) is 0. The van der Waals surface area contributed by atoms with Gasteiger partial charge in [-0.05, 0) is 31.9 Å². The van der Waals surface area contributed by atoms with Gasteiger partial charge in [-0.2, -0.15) is 0 Å². The molecule has 106 valence electrons. The summed E-state index contributed by atoms with van der Waals surface area (Å²) in [5, 5.41) is 3.37. The van der Waals surface area contributed by atoms with Crippen molar-refractivity contribution < 1.29 is 9.15 Å². The summed E-state index contributed by atoms with van der Waals surface area (Å²) in [6.07, 6.45) is 4.41. The van der Waals surface area contributed by atoms with Gasteiger partial charge in [0.1, 0.15) is 6.26 Å². The fourth-order valence-electron chi connectivity index (χ4n) is 2.38. The quantitative estimate of drug-likeness (QED) is 0.909. The zero-order valence-corrected chi connectivity index (χ0v) is 11.8. The van der Waals surface area contributed by atoms with E-state index in [9.17, 15) is 0 Å². The number of hydrogen-bond acceptors (Lipinski definition) is 4. The molecule has 0 bridgehead atoms. The Bertz CT molecular complexity index is 542. The zero-order valence-electron chi connectivity index (χ0n) is 11.8. The molecular formula is C16H20N2O2. The number of oxazole rings is 1. The minimum atomic E-state index is 0.360. The van der Waals surface area contributed by atoms with Gasteiger partial charge in [0.25, 0.3) is 0 Å². The van der Waals surface area contributed by atoms with E-state index in [1.807, 2.05) is 12.1 Å². The molecule has 0 radical (unpaired) electrons. The second-order valence-electron chi connectivity index (χ2n) is 5.28. The van der Waals surface area contributed by atoms with Gasteiger partial charge in [0, 0.05) is 25.3 Å². The first kappa shape index (κ1) is 13.3. The number of benzene rings is 1. The third-order valence-corrected chi connectivity index (χ3v) is 3.55. The van der Waals surface area contributed by atoms with Crippen LogP contribution in [0.3, 0.4) is 0 Å². The molecule has 1 saturated heterocycles. The van der Waals surface area contributed by atoms with Crippen LogP contribution in [0.15, 0.2) is 34.9 Å². The largest absolute Gasteiger partial charge is 0.444 e. The Balaban J connectivity index is 1.55. The summed E-state index contributed by atoms with van der Waals surface area (Å²) in [4.78, 5) is 4.50. The molecule has 1 N–H and O–H groups in total. The molecule has 0 amide bonds. The van der Waals surface area contributed by atoms with E-state index in [0.717, 1.165) is 37.4 Å². The first-order valence-electron chi connectivity index (χ1n) is 7.15. The van der Waals surface area contributed by atoms with Crippen LogP contribution < -0.4 is 5.32 Å². The normalized spacial score (nSPS) is 18.6. The summed E-state index contributed by atoms with van der Waals surface area (Å²) in [5.41, 5.74) is 3.18. The molecule has 1 aliphatic heterocycles. The van der Waals surface area contributed by atoms with E-state index in [1.165, 1.54) is 12.0 Å². The van der Waals surface area contributed by atoms with Gasteiger partial charge >= 0.3 is 0 Å². The van der Waals surface area contributed by atoms with Gasteiger partial charge in [-0.25, -0.2) is 4.98 Å². The van der Waals surface area contributed by atoms with Crippen molar-refractivity contribution in [2.75, 3.05) is 13.2 Å². The fraction of sp³-hybridized carbons (Fsp3) is 0.438. The number of nitrogens with one attached hydrogen (secondary N) is 1. The molecule has 1 fully saturated rings. The highest BCUT2D eigenvalue weighted by Gasteiger charge is 2.15. The SMILES string of the molecule is Cc1ccc(-c2nc(CNC[C@@H]3CCCO3)co2)cc1. The summed E-state index contributed by atoms with van der Waals surface area (Å²) >= 11 is 0. The Morgan fingerprint density at radius 2 is 2.15 bits per heavy atom.